The van der Waals surface area contributed by atoms with Gasteiger partial charge in [0.1, 0.15) is 11.6 Å². The third-order valence-corrected chi connectivity index (χ3v) is 4.33. The predicted octanol–water partition coefficient (Wildman–Crippen LogP) is 4.39. The highest BCUT2D eigenvalue weighted by Gasteiger charge is 2.11. The van der Waals surface area contributed by atoms with Crippen LogP contribution in [-0.2, 0) is 13.1 Å². The number of nitrogens with one attached hydrogen (secondary N) is 1. The molecule has 0 saturated heterocycles. The van der Waals surface area contributed by atoms with Crippen LogP contribution in [0.3, 0.4) is 0 Å². The third-order valence-electron chi connectivity index (χ3n) is 2.69. The van der Waals surface area contributed by atoms with E-state index in [4.69, 9.17) is 0 Å². The fourth-order valence-corrected chi connectivity index (χ4v) is 2.86. The van der Waals surface area contributed by atoms with Crippen LogP contribution < -0.4 is 5.32 Å². The van der Waals surface area contributed by atoms with Gasteiger partial charge in [-0.05, 0) is 52.0 Å². The van der Waals surface area contributed by atoms with E-state index in [0.717, 1.165) is 0 Å². The molecular formula is C13H12BrF2NS. The van der Waals surface area contributed by atoms with E-state index in [0.29, 0.717) is 6.54 Å². The molecule has 0 spiro atoms. The summed E-state index contributed by atoms with van der Waals surface area (Å²) in [5, 5.41) is 5.07. The highest BCUT2D eigenvalue weighted by Crippen LogP contribution is 2.22. The van der Waals surface area contributed by atoms with Gasteiger partial charge in [0.2, 0.25) is 0 Å². The minimum Gasteiger partial charge on any atom is -0.308 e. The topological polar surface area (TPSA) is 12.0 Å². The molecule has 0 amide bonds. The molecule has 0 fully saturated rings. The highest BCUT2D eigenvalue weighted by atomic mass is 79.9. The van der Waals surface area contributed by atoms with E-state index in [1.807, 2.05) is 18.4 Å². The standard InChI is InChI=1S/C13H12BrF2NS/c1-8-4-5-18-12(8)7-17-6-9-11(15)3-2-10(14)13(9)16/h2-5,17H,6-7H2,1H3. The maximum Gasteiger partial charge on any atom is 0.144 e. The number of rotatable bonds is 4. The van der Waals surface area contributed by atoms with Gasteiger partial charge in [-0.15, -0.1) is 11.3 Å². The zero-order chi connectivity index (χ0) is 13.1. The van der Waals surface area contributed by atoms with Crippen molar-refractivity contribution >= 4 is 27.3 Å². The Kier molecular flexibility index (Phi) is 4.48. The molecule has 1 heterocycles. The Balaban J connectivity index is 2.03. The molecule has 0 bridgehead atoms. The van der Waals surface area contributed by atoms with E-state index in [-0.39, 0.29) is 16.6 Å². The summed E-state index contributed by atoms with van der Waals surface area (Å²) in [4.78, 5) is 1.19. The van der Waals surface area contributed by atoms with Gasteiger partial charge in [0.25, 0.3) is 0 Å². The number of thiophene rings is 1. The Morgan fingerprint density at radius 3 is 2.67 bits per heavy atom. The average molecular weight is 332 g/mol. The Bertz CT molecular complexity index is 554. The van der Waals surface area contributed by atoms with Gasteiger partial charge in [-0.1, -0.05) is 0 Å². The van der Waals surface area contributed by atoms with Crippen LogP contribution in [0.2, 0.25) is 0 Å². The van der Waals surface area contributed by atoms with Crippen LogP contribution in [0.4, 0.5) is 8.78 Å². The van der Waals surface area contributed by atoms with E-state index in [1.165, 1.54) is 22.6 Å². The van der Waals surface area contributed by atoms with Crippen molar-refractivity contribution in [2.75, 3.05) is 0 Å². The lowest BCUT2D eigenvalue weighted by atomic mass is 10.2. The van der Waals surface area contributed by atoms with Crippen molar-refractivity contribution < 1.29 is 8.78 Å². The summed E-state index contributed by atoms with van der Waals surface area (Å²) in [5.74, 6) is -1.06. The van der Waals surface area contributed by atoms with Crippen LogP contribution >= 0.6 is 27.3 Å². The molecule has 2 aromatic rings. The van der Waals surface area contributed by atoms with Gasteiger partial charge >= 0.3 is 0 Å². The molecule has 18 heavy (non-hydrogen) atoms. The molecule has 1 aromatic carbocycles. The maximum absolute atomic E-state index is 13.7. The van der Waals surface area contributed by atoms with E-state index in [1.54, 1.807) is 11.3 Å². The Hall–Kier alpha value is -0.780. The van der Waals surface area contributed by atoms with E-state index >= 15 is 0 Å². The zero-order valence-electron chi connectivity index (χ0n) is 9.77. The molecule has 0 saturated carbocycles. The van der Waals surface area contributed by atoms with Gasteiger partial charge in [-0.2, -0.15) is 0 Å². The van der Waals surface area contributed by atoms with Crippen LogP contribution in [0, 0.1) is 18.6 Å². The minimum atomic E-state index is -0.537. The number of hydrogen-bond donors (Lipinski definition) is 1. The maximum atomic E-state index is 13.7. The largest absolute Gasteiger partial charge is 0.308 e. The van der Waals surface area contributed by atoms with Crippen molar-refractivity contribution in [3.05, 3.63) is 55.7 Å². The SMILES string of the molecule is Cc1ccsc1CNCc1c(F)ccc(Br)c1F. The van der Waals surface area contributed by atoms with Gasteiger partial charge in [-0.3, -0.25) is 0 Å². The minimum absolute atomic E-state index is 0.0681. The predicted molar refractivity (Wildman–Crippen MR) is 73.7 cm³/mol. The lowest BCUT2D eigenvalue weighted by molar-refractivity contribution is 0.532. The van der Waals surface area contributed by atoms with Crippen molar-refractivity contribution in [2.24, 2.45) is 0 Å². The molecule has 0 atom stereocenters. The van der Waals surface area contributed by atoms with E-state index in [9.17, 15) is 8.78 Å². The Morgan fingerprint density at radius 2 is 2.00 bits per heavy atom. The van der Waals surface area contributed by atoms with Crippen molar-refractivity contribution in [1.82, 2.24) is 5.32 Å². The molecule has 0 radical (unpaired) electrons. The normalized spacial score (nSPS) is 10.9. The number of benzene rings is 1. The number of halogens is 3. The van der Waals surface area contributed by atoms with Crippen LogP contribution in [-0.4, -0.2) is 0 Å². The van der Waals surface area contributed by atoms with Gasteiger partial charge in [0.05, 0.1) is 4.47 Å². The van der Waals surface area contributed by atoms with Gasteiger partial charge < -0.3 is 5.32 Å². The zero-order valence-corrected chi connectivity index (χ0v) is 12.2. The quantitative estimate of drug-likeness (QED) is 0.819. The summed E-state index contributed by atoms with van der Waals surface area (Å²) < 4.78 is 27.4. The van der Waals surface area contributed by atoms with Crippen LogP contribution in [0.25, 0.3) is 0 Å². The Labute approximate surface area is 117 Å². The van der Waals surface area contributed by atoms with Gasteiger partial charge in [0.15, 0.2) is 0 Å². The van der Waals surface area contributed by atoms with Crippen molar-refractivity contribution in [2.45, 2.75) is 20.0 Å². The van der Waals surface area contributed by atoms with Gasteiger partial charge in [0, 0.05) is 23.5 Å². The summed E-state index contributed by atoms with van der Waals surface area (Å²) in [6, 6.07) is 4.67. The third kappa shape index (κ3) is 2.96. The first-order chi connectivity index (χ1) is 8.59. The van der Waals surface area contributed by atoms with Gasteiger partial charge in [-0.25, -0.2) is 8.78 Å². The molecule has 2 rings (SSSR count). The van der Waals surface area contributed by atoms with E-state index in [2.05, 4.69) is 21.2 Å². The first-order valence-corrected chi connectivity index (χ1v) is 7.13. The molecule has 0 aliphatic carbocycles. The fourth-order valence-electron chi connectivity index (χ4n) is 1.62. The van der Waals surface area contributed by atoms with Crippen LogP contribution in [0.15, 0.2) is 28.1 Å². The second-order valence-electron chi connectivity index (χ2n) is 3.95. The average Bonchev–Trinajstić information content (AvgIpc) is 2.74. The van der Waals surface area contributed by atoms with Crippen molar-refractivity contribution in [3.8, 4) is 0 Å². The lowest BCUT2D eigenvalue weighted by Gasteiger charge is -2.08. The number of hydrogen-bond acceptors (Lipinski definition) is 2. The first-order valence-electron chi connectivity index (χ1n) is 5.45. The molecule has 1 aromatic heterocycles. The monoisotopic (exact) mass is 331 g/mol. The summed E-state index contributed by atoms with van der Waals surface area (Å²) >= 11 is 4.69. The van der Waals surface area contributed by atoms with Crippen LogP contribution in [0.1, 0.15) is 16.0 Å². The summed E-state index contributed by atoms with van der Waals surface area (Å²) in [6.45, 7) is 2.82. The summed E-state index contributed by atoms with van der Waals surface area (Å²) in [7, 11) is 0. The smallest absolute Gasteiger partial charge is 0.144 e. The van der Waals surface area contributed by atoms with Crippen LogP contribution in [0.5, 0.6) is 0 Å². The highest BCUT2D eigenvalue weighted by molar-refractivity contribution is 9.10. The Morgan fingerprint density at radius 1 is 1.22 bits per heavy atom. The van der Waals surface area contributed by atoms with Crippen molar-refractivity contribution in [3.63, 3.8) is 0 Å². The second kappa shape index (κ2) is 5.91. The molecule has 1 nitrogen and oxygen atoms in total. The summed E-state index contributed by atoms with van der Waals surface area (Å²) in [5.41, 5.74) is 1.27. The molecule has 1 N–H and O–H groups in total. The fraction of sp³-hybridized carbons (Fsp3) is 0.231. The molecular weight excluding hydrogens is 320 g/mol. The molecule has 5 heteroatoms. The first kappa shape index (κ1) is 13.6. The van der Waals surface area contributed by atoms with E-state index < -0.39 is 11.6 Å². The van der Waals surface area contributed by atoms with Crippen molar-refractivity contribution in [1.29, 1.82) is 0 Å². The summed E-state index contributed by atoms with van der Waals surface area (Å²) in [6.07, 6.45) is 0. The molecule has 0 unspecified atom stereocenters. The molecule has 0 aliphatic heterocycles. The number of aryl methyl sites for hydroxylation is 1. The second-order valence-corrected chi connectivity index (χ2v) is 5.81. The lowest BCUT2D eigenvalue weighted by Crippen LogP contribution is -2.15. The molecule has 96 valence electrons. The molecule has 0 aliphatic rings.